The number of hydrogen-bond acceptors (Lipinski definition) is 8. The first-order valence-corrected chi connectivity index (χ1v) is 11.4. The number of sulfonamides is 1. The summed E-state index contributed by atoms with van der Waals surface area (Å²) < 4.78 is 49.8. The first-order chi connectivity index (χ1) is 16.2. The Hall–Kier alpha value is -3.99. The molecule has 34 heavy (non-hydrogen) atoms. The molecule has 180 valence electrons. The summed E-state index contributed by atoms with van der Waals surface area (Å²) in [7, 11) is 1.76. The summed E-state index contributed by atoms with van der Waals surface area (Å²) in [5, 5.41) is 11.0. The normalized spacial score (nSPS) is 10.9. The molecule has 0 atom stereocenters. The second-order valence-electron chi connectivity index (χ2n) is 7.02. The van der Waals surface area contributed by atoms with E-state index in [1.165, 1.54) is 44.9 Å². The first kappa shape index (κ1) is 24.6. The number of non-ortho nitro benzene ring substituents is 1. The van der Waals surface area contributed by atoms with Gasteiger partial charge in [0.05, 0.1) is 50.5 Å². The van der Waals surface area contributed by atoms with Crippen LogP contribution in [0.25, 0.3) is 0 Å². The van der Waals surface area contributed by atoms with Crippen LogP contribution in [0.4, 0.5) is 11.4 Å². The lowest BCUT2D eigenvalue weighted by Gasteiger charge is -2.26. The average molecular weight is 489 g/mol. The van der Waals surface area contributed by atoms with Crippen molar-refractivity contribution in [3.63, 3.8) is 0 Å². The largest absolute Gasteiger partial charge is 0.497 e. The maximum Gasteiger partial charge on any atom is 0.269 e. The maximum absolute atomic E-state index is 13.7. The predicted molar refractivity (Wildman–Crippen MR) is 126 cm³/mol. The predicted octanol–water partition coefficient (Wildman–Crippen LogP) is 4.02. The van der Waals surface area contributed by atoms with Crippen LogP contribution >= 0.6 is 0 Å². The topological polar surface area (TPSA) is 117 Å². The van der Waals surface area contributed by atoms with Gasteiger partial charge in [0.1, 0.15) is 11.5 Å². The second kappa shape index (κ2) is 10.3. The Morgan fingerprint density at radius 2 is 1.38 bits per heavy atom. The number of nitrogens with zero attached hydrogens (tertiary/aromatic N) is 2. The molecule has 0 saturated heterocycles. The molecule has 0 radical (unpaired) electrons. The van der Waals surface area contributed by atoms with Crippen LogP contribution in [0, 0.1) is 10.1 Å². The molecular formula is C23H24N2O8S. The minimum atomic E-state index is -4.15. The van der Waals surface area contributed by atoms with Crippen molar-refractivity contribution in [2.24, 2.45) is 0 Å². The number of ether oxygens (including phenoxy) is 4. The Kier molecular flexibility index (Phi) is 7.47. The van der Waals surface area contributed by atoms with Gasteiger partial charge in [0.2, 0.25) is 0 Å². The zero-order chi connectivity index (χ0) is 24.9. The van der Waals surface area contributed by atoms with Crippen molar-refractivity contribution in [3.8, 4) is 23.0 Å². The number of nitro benzene ring substituents is 1. The highest BCUT2D eigenvalue weighted by molar-refractivity contribution is 7.92. The Labute approximate surface area is 197 Å². The highest BCUT2D eigenvalue weighted by Crippen LogP contribution is 2.35. The monoisotopic (exact) mass is 488 g/mol. The molecule has 0 fully saturated rings. The van der Waals surface area contributed by atoms with Gasteiger partial charge in [-0.15, -0.1) is 0 Å². The zero-order valence-corrected chi connectivity index (χ0v) is 19.9. The van der Waals surface area contributed by atoms with E-state index in [2.05, 4.69) is 0 Å². The molecule has 3 rings (SSSR count). The van der Waals surface area contributed by atoms with Crippen LogP contribution in [-0.4, -0.2) is 41.8 Å². The number of methoxy groups -OCH3 is 4. The van der Waals surface area contributed by atoms with E-state index in [4.69, 9.17) is 18.9 Å². The Bertz CT molecular complexity index is 1250. The lowest BCUT2D eigenvalue weighted by atomic mass is 10.2. The van der Waals surface area contributed by atoms with Crippen LogP contribution in [-0.2, 0) is 16.6 Å². The van der Waals surface area contributed by atoms with E-state index in [1.54, 1.807) is 36.4 Å². The summed E-state index contributed by atoms with van der Waals surface area (Å²) in [6.07, 6.45) is 0. The molecule has 0 bridgehead atoms. The molecule has 0 saturated carbocycles. The lowest BCUT2D eigenvalue weighted by molar-refractivity contribution is -0.384. The van der Waals surface area contributed by atoms with Gasteiger partial charge in [-0.1, -0.05) is 6.07 Å². The Balaban J connectivity index is 2.15. The standard InChI is InChI=1S/C23H24N2O8S/c1-30-19-12-18(13-20(14-19)31-2)24(15-16-5-10-22(32-3)23(11-16)33-4)34(28,29)21-8-6-17(7-9-21)25(26)27/h5-14H,15H2,1-4H3. The van der Waals surface area contributed by atoms with Crippen LogP contribution in [0.3, 0.4) is 0 Å². The van der Waals surface area contributed by atoms with Crippen LogP contribution in [0.2, 0.25) is 0 Å². The summed E-state index contributed by atoms with van der Waals surface area (Å²) in [4.78, 5) is 10.3. The van der Waals surface area contributed by atoms with Crippen molar-refractivity contribution in [1.82, 2.24) is 0 Å². The van der Waals surface area contributed by atoms with E-state index in [-0.39, 0.29) is 22.8 Å². The van der Waals surface area contributed by atoms with Crippen molar-refractivity contribution >= 4 is 21.4 Å². The van der Waals surface area contributed by atoms with Gasteiger partial charge in [-0.05, 0) is 29.8 Å². The molecule has 0 aliphatic heterocycles. The molecule has 0 aromatic heterocycles. The van der Waals surface area contributed by atoms with Gasteiger partial charge in [0.25, 0.3) is 15.7 Å². The third kappa shape index (κ3) is 5.15. The van der Waals surface area contributed by atoms with Crippen molar-refractivity contribution in [1.29, 1.82) is 0 Å². The van der Waals surface area contributed by atoms with Crippen molar-refractivity contribution in [2.75, 3.05) is 32.7 Å². The van der Waals surface area contributed by atoms with Crippen LogP contribution < -0.4 is 23.3 Å². The van der Waals surface area contributed by atoms with E-state index >= 15 is 0 Å². The molecule has 0 aliphatic rings. The van der Waals surface area contributed by atoms with Gasteiger partial charge >= 0.3 is 0 Å². The van der Waals surface area contributed by atoms with Gasteiger partial charge in [-0.3, -0.25) is 14.4 Å². The molecule has 0 amide bonds. The van der Waals surface area contributed by atoms with E-state index in [0.717, 1.165) is 12.1 Å². The molecule has 3 aromatic carbocycles. The van der Waals surface area contributed by atoms with E-state index < -0.39 is 14.9 Å². The maximum atomic E-state index is 13.7. The Morgan fingerprint density at radius 3 is 1.88 bits per heavy atom. The third-order valence-electron chi connectivity index (χ3n) is 5.03. The van der Waals surface area contributed by atoms with Crippen molar-refractivity contribution in [2.45, 2.75) is 11.4 Å². The summed E-state index contributed by atoms with van der Waals surface area (Å²) in [5.41, 5.74) is 0.683. The molecule has 0 heterocycles. The van der Waals surface area contributed by atoms with Gasteiger partial charge in [-0.25, -0.2) is 8.42 Å². The number of rotatable bonds is 10. The van der Waals surface area contributed by atoms with Crippen LogP contribution in [0.15, 0.2) is 65.6 Å². The highest BCUT2D eigenvalue weighted by atomic mass is 32.2. The van der Waals surface area contributed by atoms with Gasteiger partial charge in [0, 0.05) is 30.3 Å². The van der Waals surface area contributed by atoms with E-state index in [0.29, 0.717) is 28.6 Å². The molecule has 3 aromatic rings. The highest BCUT2D eigenvalue weighted by Gasteiger charge is 2.27. The van der Waals surface area contributed by atoms with Gasteiger partial charge < -0.3 is 18.9 Å². The van der Waals surface area contributed by atoms with Crippen LogP contribution in [0.1, 0.15) is 5.56 Å². The molecule has 10 nitrogen and oxygen atoms in total. The number of nitro groups is 1. The van der Waals surface area contributed by atoms with Gasteiger partial charge in [0.15, 0.2) is 11.5 Å². The smallest absolute Gasteiger partial charge is 0.269 e. The zero-order valence-electron chi connectivity index (χ0n) is 19.0. The second-order valence-corrected chi connectivity index (χ2v) is 8.89. The number of hydrogen-bond donors (Lipinski definition) is 0. The molecule has 0 N–H and O–H groups in total. The molecule has 0 spiro atoms. The number of benzene rings is 3. The third-order valence-corrected chi connectivity index (χ3v) is 6.82. The SMILES string of the molecule is COc1cc(OC)cc(N(Cc2ccc(OC)c(OC)c2)S(=O)(=O)c2ccc([N+](=O)[O-])cc2)c1. The fourth-order valence-corrected chi connectivity index (χ4v) is 4.70. The fraction of sp³-hybridized carbons (Fsp3) is 0.217. The van der Waals surface area contributed by atoms with Crippen molar-refractivity contribution in [3.05, 3.63) is 76.3 Å². The summed E-state index contributed by atoms with van der Waals surface area (Å²) in [5.74, 6) is 1.73. The summed E-state index contributed by atoms with van der Waals surface area (Å²) in [6, 6.07) is 14.5. The average Bonchev–Trinajstić information content (AvgIpc) is 2.86. The Morgan fingerprint density at radius 1 is 0.794 bits per heavy atom. The summed E-state index contributed by atoms with van der Waals surface area (Å²) >= 11 is 0. The molecular weight excluding hydrogens is 464 g/mol. The fourth-order valence-electron chi connectivity index (χ4n) is 3.26. The number of anilines is 1. The van der Waals surface area contributed by atoms with Crippen LogP contribution in [0.5, 0.6) is 23.0 Å². The van der Waals surface area contributed by atoms with E-state index in [1.807, 2.05) is 0 Å². The quantitative estimate of drug-likeness (QED) is 0.310. The summed E-state index contributed by atoms with van der Waals surface area (Å²) in [6.45, 7) is -0.0734. The lowest BCUT2D eigenvalue weighted by Crippen LogP contribution is -2.30. The minimum absolute atomic E-state index is 0.0734. The molecule has 0 aliphatic carbocycles. The van der Waals surface area contributed by atoms with E-state index in [9.17, 15) is 18.5 Å². The molecule has 11 heteroatoms. The molecule has 0 unspecified atom stereocenters. The minimum Gasteiger partial charge on any atom is -0.497 e. The van der Waals surface area contributed by atoms with Crippen molar-refractivity contribution < 1.29 is 32.3 Å². The first-order valence-electron chi connectivity index (χ1n) is 9.94. The van der Waals surface area contributed by atoms with Gasteiger partial charge in [-0.2, -0.15) is 0 Å².